The molecule has 0 amide bonds. The molecule has 3 aliphatic rings. The zero-order chi connectivity index (χ0) is 36.4. The molecule has 0 saturated heterocycles. The summed E-state index contributed by atoms with van der Waals surface area (Å²) >= 11 is 0. The van der Waals surface area contributed by atoms with E-state index in [0.717, 1.165) is 66.7 Å². The fourth-order valence-electron chi connectivity index (χ4n) is 9.88. The maximum absolute atomic E-state index is 12.5. The zero-order valence-corrected chi connectivity index (χ0v) is 32.0. The quantitative estimate of drug-likeness (QED) is 0.175. The molecule has 3 N–H and O–H groups in total. The number of rotatable bonds is 11. The van der Waals surface area contributed by atoms with Crippen LogP contribution in [0, 0.1) is 23.7 Å². The molecular formula is C46H61NO4. The average molecular weight is 692 g/mol. The van der Waals surface area contributed by atoms with Gasteiger partial charge in [0.2, 0.25) is 0 Å². The van der Waals surface area contributed by atoms with E-state index in [1.807, 2.05) is 12.1 Å². The minimum Gasteiger partial charge on any atom is -0.508 e. The van der Waals surface area contributed by atoms with Crippen LogP contribution in [0.4, 0.5) is 5.69 Å². The molecule has 3 aromatic carbocycles. The lowest BCUT2D eigenvalue weighted by Crippen LogP contribution is -2.43. The van der Waals surface area contributed by atoms with Gasteiger partial charge in [-0.05, 0) is 134 Å². The number of benzene rings is 3. The van der Waals surface area contributed by atoms with Gasteiger partial charge in [-0.2, -0.15) is 0 Å². The molecular weight excluding hydrogens is 631 g/mol. The molecule has 2 aliphatic carbocycles. The Morgan fingerprint density at radius 2 is 1.65 bits per heavy atom. The van der Waals surface area contributed by atoms with Gasteiger partial charge in [-0.3, -0.25) is 0 Å². The highest BCUT2D eigenvalue weighted by Gasteiger charge is 2.45. The predicted octanol–water partition coefficient (Wildman–Crippen LogP) is 10.6. The average Bonchev–Trinajstić information content (AvgIpc) is 3.21. The van der Waals surface area contributed by atoms with Gasteiger partial charge in [-0.15, -0.1) is 0 Å². The van der Waals surface area contributed by atoms with Crippen LogP contribution in [0.15, 0.2) is 89.5 Å². The summed E-state index contributed by atoms with van der Waals surface area (Å²) in [4.78, 5) is 2.21. The molecule has 0 spiro atoms. The summed E-state index contributed by atoms with van der Waals surface area (Å²) in [5.41, 5.74) is 9.48. The number of phenolic OH excluding ortho intramolecular Hbond substituents is 1. The number of aryl methyl sites for hydroxylation is 1. The van der Waals surface area contributed by atoms with Crippen LogP contribution in [0.2, 0.25) is 0 Å². The molecule has 6 rings (SSSR count). The second-order valence-electron chi connectivity index (χ2n) is 16.4. The number of fused-ring (bicyclic) bond motifs is 1. The highest BCUT2D eigenvalue weighted by atomic mass is 16.5. The van der Waals surface area contributed by atoms with Gasteiger partial charge in [-0.25, -0.2) is 0 Å². The van der Waals surface area contributed by atoms with Crippen LogP contribution in [0.1, 0.15) is 127 Å². The second-order valence-corrected chi connectivity index (χ2v) is 16.4. The first-order chi connectivity index (χ1) is 24.5. The van der Waals surface area contributed by atoms with Crippen molar-refractivity contribution in [1.82, 2.24) is 0 Å². The van der Waals surface area contributed by atoms with Crippen LogP contribution in [-0.4, -0.2) is 34.8 Å². The number of anilines is 1. The number of nitrogens with zero attached hydrogens (tertiary/aromatic N) is 1. The van der Waals surface area contributed by atoms with Gasteiger partial charge in [-0.1, -0.05) is 94.3 Å². The third-order valence-corrected chi connectivity index (χ3v) is 12.4. The van der Waals surface area contributed by atoms with Gasteiger partial charge in [0, 0.05) is 17.2 Å². The van der Waals surface area contributed by atoms with Gasteiger partial charge in [0.15, 0.2) is 0 Å². The lowest BCUT2D eigenvalue weighted by molar-refractivity contribution is 0.115. The SMILES string of the molecule is COc1cc(C(C(C)C)C(C)C)ccc1C1C2=C(CC(C3CC=C(C)CC3)CC2O)C(C)c2ccccc2N1C(O)CCCc1ccc(O)cc1. The Morgan fingerprint density at radius 3 is 2.31 bits per heavy atom. The minimum absolute atomic E-state index is 0.0998. The van der Waals surface area contributed by atoms with Crippen molar-refractivity contribution in [2.45, 2.75) is 123 Å². The number of methoxy groups -OCH3 is 1. The summed E-state index contributed by atoms with van der Waals surface area (Å²) < 4.78 is 6.28. The number of ether oxygens (including phenoxy) is 1. The van der Waals surface area contributed by atoms with Crippen molar-refractivity contribution in [1.29, 1.82) is 0 Å². The molecule has 5 heteroatoms. The Bertz CT molecular complexity index is 1700. The first kappa shape index (κ1) is 37.2. The Kier molecular flexibility index (Phi) is 11.7. The Balaban J connectivity index is 1.48. The highest BCUT2D eigenvalue weighted by molar-refractivity contribution is 5.65. The third-order valence-electron chi connectivity index (χ3n) is 12.4. The fraction of sp³-hybridized carbons (Fsp3) is 0.522. The van der Waals surface area contributed by atoms with Gasteiger partial charge < -0.3 is 25.0 Å². The molecule has 0 radical (unpaired) electrons. The summed E-state index contributed by atoms with van der Waals surface area (Å²) in [6.45, 7) is 13.7. The van der Waals surface area contributed by atoms with Crippen molar-refractivity contribution in [2.75, 3.05) is 12.0 Å². The molecule has 6 unspecified atom stereocenters. The molecule has 0 aromatic heterocycles. The first-order valence-electron chi connectivity index (χ1n) is 19.6. The normalized spacial score (nSPS) is 24.4. The zero-order valence-electron chi connectivity index (χ0n) is 32.0. The van der Waals surface area contributed by atoms with Crippen LogP contribution < -0.4 is 9.64 Å². The Labute approximate surface area is 307 Å². The van der Waals surface area contributed by atoms with Gasteiger partial charge in [0.05, 0.1) is 19.3 Å². The smallest absolute Gasteiger partial charge is 0.127 e. The van der Waals surface area contributed by atoms with Gasteiger partial charge >= 0.3 is 0 Å². The van der Waals surface area contributed by atoms with E-state index >= 15 is 0 Å². The van der Waals surface area contributed by atoms with Crippen LogP contribution in [0.3, 0.4) is 0 Å². The molecule has 1 aliphatic heterocycles. The molecule has 3 aromatic rings. The van der Waals surface area contributed by atoms with Crippen molar-refractivity contribution in [3.8, 4) is 11.5 Å². The highest BCUT2D eigenvalue weighted by Crippen LogP contribution is 2.55. The molecule has 0 fully saturated rings. The molecule has 0 saturated carbocycles. The van der Waals surface area contributed by atoms with Crippen molar-refractivity contribution in [2.24, 2.45) is 23.7 Å². The number of hydrogen-bond donors (Lipinski definition) is 3. The van der Waals surface area contributed by atoms with E-state index < -0.39 is 12.3 Å². The lowest BCUT2D eigenvalue weighted by Gasteiger charge is -2.44. The Morgan fingerprint density at radius 1 is 0.922 bits per heavy atom. The number of aliphatic hydroxyl groups excluding tert-OH is 2. The third kappa shape index (κ3) is 7.81. The van der Waals surface area contributed by atoms with Crippen LogP contribution >= 0.6 is 0 Å². The van der Waals surface area contributed by atoms with Crippen molar-refractivity contribution in [3.63, 3.8) is 0 Å². The molecule has 274 valence electrons. The van der Waals surface area contributed by atoms with E-state index in [1.54, 1.807) is 19.2 Å². The molecule has 51 heavy (non-hydrogen) atoms. The number of phenols is 1. The summed E-state index contributed by atoms with van der Waals surface area (Å²) in [5.74, 6) is 3.49. The van der Waals surface area contributed by atoms with E-state index in [9.17, 15) is 15.3 Å². The van der Waals surface area contributed by atoms with E-state index in [2.05, 4.69) is 95.0 Å². The molecule has 0 bridgehead atoms. The maximum atomic E-state index is 12.5. The van der Waals surface area contributed by atoms with Gasteiger partial charge in [0.1, 0.15) is 17.7 Å². The van der Waals surface area contributed by atoms with E-state index in [-0.39, 0.29) is 17.7 Å². The summed E-state index contributed by atoms with van der Waals surface area (Å²) in [7, 11) is 1.76. The number of aromatic hydroxyl groups is 1. The standard InChI is InChI=1S/C46H61NO4/c1-28(2)44(29(3)4)34-21-24-38(42(27-34)51-7)46-45-39(25-35(26-41(45)49)33-19-15-30(5)16-20-33)31(6)37-12-8-9-13-40(37)47(46)43(50)14-10-11-32-17-22-36(48)23-18-32/h8-9,12-13,15,17-18,21-24,27-29,31,33,35,41,43-44,46,48-50H,10-11,14,16,19-20,25-26H2,1-7H3. The molecule has 5 nitrogen and oxygen atoms in total. The first-order valence-corrected chi connectivity index (χ1v) is 19.6. The number of para-hydroxylation sites is 1. The summed E-state index contributed by atoms with van der Waals surface area (Å²) in [5, 5.41) is 34.7. The minimum atomic E-state index is -0.799. The summed E-state index contributed by atoms with van der Waals surface area (Å²) in [6, 6.07) is 22.3. The molecule has 1 heterocycles. The topological polar surface area (TPSA) is 73.2 Å². The molecule has 6 atom stereocenters. The fourth-order valence-corrected chi connectivity index (χ4v) is 9.88. The van der Waals surface area contributed by atoms with Crippen molar-refractivity contribution in [3.05, 3.63) is 112 Å². The second kappa shape index (κ2) is 16.0. The monoisotopic (exact) mass is 691 g/mol. The van der Waals surface area contributed by atoms with Crippen molar-refractivity contribution < 1.29 is 20.1 Å². The number of hydrogen-bond acceptors (Lipinski definition) is 5. The van der Waals surface area contributed by atoms with Crippen molar-refractivity contribution >= 4 is 5.69 Å². The van der Waals surface area contributed by atoms with E-state index in [1.165, 1.54) is 28.7 Å². The Hall–Kier alpha value is -3.54. The lowest BCUT2D eigenvalue weighted by atomic mass is 9.67. The van der Waals surface area contributed by atoms with Crippen LogP contribution in [0.5, 0.6) is 11.5 Å². The van der Waals surface area contributed by atoms with Crippen LogP contribution in [0.25, 0.3) is 0 Å². The summed E-state index contributed by atoms with van der Waals surface area (Å²) in [6.07, 6.45) is 8.25. The predicted molar refractivity (Wildman–Crippen MR) is 209 cm³/mol. The van der Waals surface area contributed by atoms with Crippen LogP contribution in [-0.2, 0) is 6.42 Å². The van der Waals surface area contributed by atoms with Gasteiger partial charge in [0.25, 0.3) is 0 Å². The van der Waals surface area contributed by atoms with E-state index in [4.69, 9.17) is 4.74 Å². The largest absolute Gasteiger partial charge is 0.508 e. The number of aliphatic hydroxyl groups is 2. The van der Waals surface area contributed by atoms with E-state index in [0.29, 0.717) is 36.0 Å². The number of allylic oxidation sites excluding steroid dienone is 3. The maximum Gasteiger partial charge on any atom is 0.127 e.